The van der Waals surface area contributed by atoms with Gasteiger partial charge in [-0.1, -0.05) is 42.1 Å². The van der Waals surface area contributed by atoms with Gasteiger partial charge in [0.1, 0.15) is 6.54 Å². The molecule has 0 aliphatic rings. The van der Waals surface area contributed by atoms with Crippen molar-refractivity contribution in [2.75, 3.05) is 12.3 Å². The summed E-state index contributed by atoms with van der Waals surface area (Å²) in [7, 11) is 0. The van der Waals surface area contributed by atoms with Gasteiger partial charge in [-0.3, -0.25) is 9.59 Å². The van der Waals surface area contributed by atoms with E-state index in [9.17, 15) is 9.59 Å². The molecule has 0 saturated carbocycles. The molecule has 1 amide bonds. The maximum Gasteiger partial charge on any atom is 0.323 e. The Morgan fingerprint density at radius 1 is 1.12 bits per heavy atom. The summed E-state index contributed by atoms with van der Waals surface area (Å²) in [5.41, 5.74) is 2.56. The fourth-order valence-corrected chi connectivity index (χ4v) is 3.03. The van der Waals surface area contributed by atoms with E-state index in [1.54, 1.807) is 0 Å². The van der Waals surface area contributed by atoms with E-state index >= 15 is 0 Å². The highest BCUT2D eigenvalue weighted by Crippen LogP contribution is 2.15. The van der Waals surface area contributed by atoms with Crippen LogP contribution in [0.1, 0.15) is 17.0 Å². The lowest BCUT2D eigenvalue weighted by Gasteiger charge is -2.20. The van der Waals surface area contributed by atoms with Gasteiger partial charge in [0.05, 0.1) is 5.75 Å². The SMILES string of the molecule is Cc1cc(C)nc(SCC(=O)N(CC(=O)O)Cc2ccccc2)n1. The first-order valence-electron chi connectivity index (χ1n) is 7.42. The second kappa shape index (κ2) is 8.44. The van der Waals surface area contributed by atoms with Gasteiger partial charge < -0.3 is 10.0 Å². The summed E-state index contributed by atoms with van der Waals surface area (Å²) in [6.07, 6.45) is 0. The summed E-state index contributed by atoms with van der Waals surface area (Å²) in [6.45, 7) is 3.67. The Morgan fingerprint density at radius 2 is 1.75 bits per heavy atom. The standard InChI is InChI=1S/C17H19N3O3S/c1-12-8-13(2)19-17(18-12)24-11-15(21)20(10-16(22)23)9-14-6-4-3-5-7-14/h3-8H,9-11H2,1-2H3,(H,22,23). The van der Waals surface area contributed by atoms with Crippen molar-refractivity contribution < 1.29 is 14.7 Å². The second-order valence-electron chi connectivity index (χ2n) is 5.35. The predicted molar refractivity (Wildman–Crippen MR) is 91.7 cm³/mol. The number of amides is 1. The lowest BCUT2D eigenvalue weighted by atomic mass is 10.2. The molecule has 0 saturated heterocycles. The number of rotatable bonds is 7. The van der Waals surface area contributed by atoms with Gasteiger partial charge in [-0.25, -0.2) is 9.97 Å². The fraction of sp³-hybridized carbons (Fsp3) is 0.294. The number of aliphatic carboxylic acids is 1. The van der Waals surface area contributed by atoms with Crippen LogP contribution in [0.2, 0.25) is 0 Å². The van der Waals surface area contributed by atoms with E-state index in [0.717, 1.165) is 17.0 Å². The van der Waals surface area contributed by atoms with Crippen LogP contribution in [0.15, 0.2) is 41.6 Å². The molecule has 0 unspecified atom stereocenters. The monoisotopic (exact) mass is 345 g/mol. The van der Waals surface area contributed by atoms with Gasteiger partial charge in [0.2, 0.25) is 5.91 Å². The molecule has 126 valence electrons. The van der Waals surface area contributed by atoms with E-state index in [1.165, 1.54) is 16.7 Å². The third-order valence-corrected chi connectivity index (χ3v) is 4.01. The molecule has 1 aromatic carbocycles. The van der Waals surface area contributed by atoms with E-state index in [-0.39, 0.29) is 24.7 Å². The molecule has 24 heavy (non-hydrogen) atoms. The zero-order valence-electron chi connectivity index (χ0n) is 13.6. The van der Waals surface area contributed by atoms with Gasteiger partial charge in [-0.15, -0.1) is 0 Å². The molecule has 6 nitrogen and oxygen atoms in total. The number of aryl methyl sites for hydroxylation is 2. The summed E-state index contributed by atoms with van der Waals surface area (Å²) in [6, 6.07) is 11.2. The number of hydrogen-bond acceptors (Lipinski definition) is 5. The van der Waals surface area contributed by atoms with Crippen LogP contribution in [0.25, 0.3) is 0 Å². The van der Waals surface area contributed by atoms with Crippen molar-refractivity contribution >= 4 is 23.6 Å². The van der Waals surface area contributed by atoms with E-state index in [1.807, 2.05) is 50.2 Å². The van der Waals surface area contributed by atoms with Gasteiger partial charge >= 0.3 is 5.97 Å². The first-order valence-corrected chi connectivity index (χ1v) is 8.41. The summed E-state index contributed by atoms with van der Waals surface area (Å²) in [5.74, 6) is -1.19. The van der Waals surface area contributed by atoms with Gasteiger partial charge in [0.25, 0.3) is 0 Å². The molecule has 2 rings (SSSR count). The molecule has 0 spiro atoms. The number of thioether (sulfide) groups is 1. The molecule has 0 aliphatic carbocycles. The van der Waals surface area contributed by atoms with E-state index < -0.39 is 5.97 Å². The molecule has 0 atom stereocenters. The first kappa shape index (κ1) is 17.9. The second-order valence-corrected chi connectivity index (χ2v) is 6.29. The molecular weight excluding hydrogens is 326 g/mol. The number of aromatic nitrogens is 2. The van der Waals surface area contributed by atoms with Crippen molar-refractivity contribution in [1.29, 1.82) is 0 Å². The number of nitrogens with zero attached hydrogens (tertiary/aromatic N) is 3. The Labute approximate surface area is 144 Å². The summed E-state index contributed by atoms with van der Waals surface area (Å²) in [5, 5.41) is 9.57. The van der Waals surface area contributed by atoms with E-state index in [4.69, 9.17) is 5.11 Å². The van der Waals surface area contributed by atoms with Crippen LogP contribution in [-0.4, -0.2) is 44.1 Å². The van der Waals surface area contributed by atoms with Crippen LogP contribution in [0.4, 0.5) is 0 Å². The minimum absolute atomic E-state index is 0.100. The number of carbonyl (C=O) groups is 2. The van der Waals surface area contributed by atoms with Gasteiger partial charge in [0, 0.05) is 17.9 Å². The number of carboxylic acids is 1. The summed E-state index contributed by atoms with van der Waals surface area (Å²) < 4.78 is 0. The number of benzene rings is 1. The number of carbonyl (C=O) groups excluding carboxylic acids is 1. The van der Waals surface area contributed by atoms with Crippen LogP contribution in [-0.2, 0) is 16.1 Å². The minimum Gasteiger partial charge on any atom is -0.480 e. The quantitative estimate of drug-likeness (QED) is 0.612. The molecular formula is C17H19N3O3S. The Hall–Kier alpha value is -2.41. The van der Waals surface area contributed by atoms with Crippen molar-refractivity contribution in [3.05, 3.63) is 53.3 Å². The molecule has 2 aromatic rings. The van der Waals surface area contributed by atoms with Gasteiger partial charge in [0.15, 0.2) is 5.16 Å². The largest absolute Gasteiger partial charge is 0.480 e. The molecule has 1 aromatic heterocycles. The number of carboxylic acid groups (broad SMARTS) is 1. The molecule has 0 bridgehead atoms. The van der Waals surface area contributed by atoms with Crippen molar-refractivity contribution in [3.63, 3.8) is 0 Å². The smallest absolute Gasteiger partial charge is 0.323 e. The van der Waals surface area contributed by atoms with Crippen LogP contribution < -0.4 is 0 Å². The van der Waals surface area contributed by atoms with Crippen LogP contribution in [0, 0.1) is 13.8 Å². The van der Waals surface area contributed by atoms with Crippen molar-refractivity contribution in [1.82, 2.24) is 14.9 Å². The molecule has 7 heteroatoms. The van der Waals surface area contributed by atoms with E-state index in [0.29, 0.717) is 5.16 Å². The average Bonchev–Trinajstić information content (AvgIpc) is 2.51. The average molecular weight is 345 g/mol. The highest BCUT2D eigenvalue weighted by Gasteiger charge is 2.18. The first-order chi connectivity index (χ1) is 11.4. The van der Waals surface area contributed by atoms with Crippen molar-refractivity contribution in [2.45, 2.75) is 25.5 Å². The molecule has 1 heterocycles. The highest BCUT2D eigenvalue weighted by atomic mass is 32.2. The fourth-order valence-electron chi connectivity index (χ4n) is 2.18. The van der Waals surface area contributed by atoms with Crippen molar-refractivity contribution in [3.8, 4) is 0 Å². The Balaban J connectivity index is 2.02. The lowest BCUT2D eigenvalue weighted by molar-refractivity contribution is -0.143. The Kier molecular flexibility index (Phi) is 6.31. The minimum atomic E-state index is -1.04. The third kappa shape index (κ3) is 5.66. The van der Waals surface area contributed by atoms with Crippen molar-refractivity contribution in [2.24, 2.45) is 0 Å². The van der Waals surface area contributed by atoms with Crippen LogP contribution in [0.3, 0.4) is 0 Å². The van der Waals surface area contributed by atoms with Crippen LogP contribution in [0.5, 0.6) is 0 Å². The highest BCUT2D eigenvalue weighted by molar-refractivity contribution is 7.99. The Bertz CT molecular complexity index is 702. The zero-order chi connectivity index (χ0) is 17.5. The van der Waals surface area contributed by atoms with Gasteiger partial charge in [-0.2, -0.15) is 0 Å². The maximum atomic E-state index is 12.4. The summed E-state index contributed by atoms with van der Waals surface area (Å²) in [4.78, 5) is 33.3. The normalized spacial score (nSPS) is 10.4. The molecule has 0 radical (unpaired) electrons. The zero-order valence-corrected chi connectivity index (χ0v) is 14.4. The Morgan fingerprint density at radius 3 is 2.33 bits per heavy atom. The third-order valence-electron chi connectivity index (χ3n) is 3.18. The van der Waals surface area contributed by atoms with Crippen LogP contribution >= 0.6 is 11.8 Å². The summed E-state index contributed by atoms with van der Waals surface area (Å²) >= 11 is 1.22. The topological polar surface area (TPSA) is 83.4 Å². The molecule has 1 N–H and O–H groups in total. The number of hydrogen-bond donors (Lipinski definition) is 1. The lowest BCUT2D eigenvalue weighted by Crippen LogP contribution is -2.36. The predicted octanol–water partition coefficient (Wildman–Crippen LogP) is 2.30. The molecule has 0 fully saturated rings. The van der Waals surface area contributed by atoms with E-state index in [2.05, 4.69) is 9.97 Å². The maximum absolute atomic E-state index is 12.4. The molecule has 0 aliphatic heterocycles. The van der Waals surface area contributed by atoms with Gasteiger partial charge in [-0.05, 0) is 25.5 Å².